The van der Waals surface area contributed by atoms with Crippen molar-refractivity contribution in [3.8, 4) is 0 Å². The quantitative estimate of drug-likeness (QED) is 0.885. The molecule has 0 unspecified atom stereocenters. The summed E-state index contributed by atoms with van der Waals surface area (Å²) in [5, 5.41) is 5.32. The van der Waals surface area contributed by atoms with Crippen LogP contribution in [0.2, 0.25) is 5.02 Å². The van der Waals surface area contributed by atoms with Crippen LogP contribution in [0.15, 0.2) is 16.5 Å². The van der Waals surface area contributed by atoms with Crippen LogP contribution in [0.4, 0.5) is 0 Å². The number of hydrogen-bond acceptors (Lipinski definition) is 2. The number of aryl methyl sites for hydroxylation is 1. The molecule has 0 spiro atoms. The average molecular weight is 264 g/mol. The van der Waals surface area contributed by atoms with E-state index in [0.29, 0.717) is 5.92 Å². The maximum absolute atomic E-state index is 6.37. The molecule has 1 aromatic heterocycles. The van der Waals surface area contributed by atoms with Crippen molar-refractivity contribution in [1.82, 2.24) is 5.32 Å². The molecule has 1 aliphatic carbocycles. The Morgan fingerprint density at radius 1 is 1.39 bits per heavy atom. The van der Waals surface area contributed by atoms with E-state index in [9.17, 15) is 0 Å². The fourth-order valence-electron chi connectivity index (χ4n) is 2.54. The van der Waals surface area contributed by atoms with E-state index in [-0.39, 0.29) is 0 Å². The first-order valence-corrected chi connectivity index (χ1v) is 7.01. The van der Waals surface area contributed by atoms with Crippen molar-refractivity contribution in [3.05, 3.63) is 34.0 Å². The van der Waals surface area contributed by atoms with Crippen LogP contribution in [0.5, 0.6) is 0 Å². The molecular weight excluding hydrogens is 246 g/mol. The molecule has 1 saturated carbocycles. The Morgan fingerprint density at radius 2 is 2.17 bits per heavy atom. The summed E-state index contributed by atoms with van der Waals surface area (Å²) in [6, 6.07) is 4.01. The van der Waals surface area contributed by atoms with Gasteiger partial charge in [-0.1, -0.05) is 24.6 Å². The van der Waals surface area contributed by atoms with Crippen LogP contribution in [0.3, 0.4) is 0 Å². The number of furan rings is 1. The molecule has 0 bridgehead atoms. The number of hydrogen-bond donors (Lipinski definition) is 1. The second kappa shape index (κ2) is 4.60. The lowest BCUT2D eigenvalue weighted by atomic mass is 10.0. The van der Waals surface area contributed by atoms with Crippen molar-refractivity contribution in [3.63, 3.8) is 0 Å². The third kappa shape index (κ3) is 1.94. The SMILES string of the molecule is CCNCc1oc2c(C)ccc(Cl)c2c1C1CC1. The topological polar surface area (TPSA) is 25.2 Å². The van der Waals surface area contributed by atoms with Crippen LogP contribution in [0.1, 0.15) is 42.6 Å². The summed E-state index contributed by atoms with van der Waals surface area (Å²) >= 11 is 6.37. The van der Waals surface area contributed by atoms with E-state index in [1.807, 2.05) is 12.1 Å². The van der Waals surface area contributed by atoms with Crippen molar-refractivity contribution < 1.29 is 4.42 Å². The van der Waals surface area contributed by atoms with Gasteiger partial charge in [0, 0.05) is 10.9 Å². The first-order valence-electron chi connectivity index (χ1n) is 6.63. The molecule has 2 aromatic rings. The van der Waals surface area contributed by atoms with Crippen LogP contribution in [-0.4, -0.2) is 6.54 Å². The predicted molar refractivity (Wildman–Crippen MR) is 75.3 cm³/mol. The van der Waals surface area contributed by atoms with E-state index >= 15 is 0 Å². The minimum absolute atomic E-state index is 0.652. The lowest BCUT2D eigenvalue weighted by molar-refractivity contribution is 0.512. The van der Waals surface area contributed by atoms with Crippen molar-refractivity contribution in [2.45, 2.75) is 39.2 Å². The van der Waals surface area contributed by atoms with Crippen molar-refractivity contribution in [2.75, 3.05) is 6.54 Å². The van der Waals surface area contributed by atoms with Gasteiger partial charge in [-0.3, -0.25) is 0 Å². The van der Waals surface area contributed by atoms with Crippen LogP contribution in [0.25, 0.3) is 11.0 Å². The van der Waals surface area contributed by atoms with E-state index < -0.39 is 0 Å². The second-order valence-corrected chi connectivity index (χ2v) is 5.47. The van der Waals surface area contributed by atoms with Gasteiger partial charge in [-0.2, -0.15) is 0 Å². The molecule has 1 heterocycles. The maximum Gasteiger partial charge on any atom is 0.139 e. The van der Waals surface area contributed by atoms with Crippen LogP contribution >= 0.6 is 11.6 Å². The zero-order valence-corrected chi connectivity index (χ0v) is 11.6. The molecule has 1 fully saturated rings. The predicted octanol–water partition coefficient (Wildman–Crippen LogP) is 4.38. The second-order valence-electron chi connectivity index (χ2n) is 5.06. The molecule has 0 atom stereocenters. The summed E-state index contributed by atoms with van der Waals surface area (Å²) in [6.45, 7) is 5.94. The van der Waals surface area contributed by atoms with Gasteiger partial charge in [0.05, 0.1) is 11.6 Å². The molecule has 3 heteroatoms. The number of rotatable bonds is 4. The summed E-state index contributed by atoms with van der Waals surface area (Å²) in [6.07, 6.45) is 2.52. The maximum atomic E-state index is 6.37. The van der Waals surface area contributed by atoms with E-state index in [2.05, 4.69) is 19.2 Å². The van der Waals surface area contributed by atoms with E-state index in [4.69, 9.17) is 16.0 Å². The molecule has 3 rings (SSSR count). The third-order valence-electron chi connectivity index (χ3n) is 3.62. The van der Waals surface area contributed by atoms with Crippen LogP contribution in [-0.2, 0) is 6.54 Å². The minimum atomic E-state index is 0.652. The highest BCUT2D eigenvalue weighted by Crippen LogP contribution is 2.48. The Labute approximate surface area is 112 Å². The minimum Gasteiger partial charge on any atom is -0.459 e. The van der Waals surface area contributed by atoms with Crippen molar-refractivity contribution in [1.29, 1.82) is 0 Å². The Balaban J connectivity index is 2.19. The molecular formula is C15H18ClNO. The molecule has 1 aromatic carbocycles. The van der Waals surface area contributed by atoms with Gasteiger partial charge in [0.2, 0.25) is 0 Å². The number of fused-ring (bicyclic) bond motifs is 1. The molecule has 1 N–H and O–H groups in total. The van der Waals surface area contributed by atoms with Gasteiger partial charge in [0.1, 0.15) is 11.3 Å². The average Bonchev–Trinajstić information content (AvgIpc) is 3.12. The first kappa shape index (κ1) is 12.1. The lowest BCUT2D eigenvalue weighted by Crippen LogP contribution is -2.12. The monoisotopic (exact) mass is 263 g/mol. The first-order chi connectivity index (χ1) is 8.72. The van der Waals surface area contributed by atoms with Gasteiger partial charge in [-0.15, -0.1) is 0 Å². The van der Waals surface area contributed by atoms with Gasteiger partial charge < -0.3 is 9.73 Å². The molecule has 96 valence electrons. The van der Waals surface area contributed by atoms with Gasteiger partial charge >= 0.3 is 0 Å². The Kier molecular flexibility index (Phi) is 3.08. The number of nitrogens with one attached hydrogen (secondary N) is 1. The largest absolute Gasteiger partial charge is 0.459 e. The Bertz CT molecular complexity index is 584. The molecule has 0 aliphatic heterocycles. The number of halogens is 1. The highest BCUT2D eigenvalue weighted by atomic mass is 35.5. The van der Waals surface area contributed by atoms with Crippen molar-refractivity contribution >= 4 is 22.6 Å². The molecule has 0 saturated heterocycles. The number of benzene rings is 1. The van der Waals surface area contributed by atoms with Gasteiger partial charge in [-0.25, -0.2) is 0 Å². The zero-order chi connectivity index (χ0) is 12.7. The third-order valence-corrected chi connectivity index (χ3v) is 3.93. The Morgan fingerprint density at radius 3 is 2.83 bits per heavy atom. The molecule has 1 aliphatic rings. The van der Waals surface area contributed by atoms with Crippen molar-refractivity contribution in [2.24, 2.45) is 0 Å². The highest BCUT2D eigenvalue weighted by Gasteiger charge is 2.31. The molecule has 2 nitrogen and oxygen atoms in total. The summed E-state index contributed by atoms with van der Waals surface area (Å²) in [5.74, 6) is 1.73. The zero-order valence-electron chi connectivity index (χ0n) is 10.8. The molecule has 0 amide bonds. The van der Waals surface area contributed by atoms with E-state index in [0.717, 1.165) is 34.8 Å². The van der Waals surface area contributed by atoms with E-state index in [1.165, 1.54) is 24.0 Å². The van der Waals surface area contributed by atoms with Gasteiger partial charge in [0.25, 0.3) is 0 Å². The summed E-state index contributed by atoms with van der Waals surface area (Å²) < 4.78 is 6.07. The molecule has 0 radical (unpaired) electrons. The van der Waals surface area contributed by atoms with E-state index in [1.54, 1.807) is 0 Å². The Hall–Kier alpha value is -0.990. The summed E-state index contributed by atoms with van der Waals surface area (Å²) in [7, 11) is 0. The van der Waals surface area contributed by atoms with Gasteiger partial charge in [0.15, 0.2) is 0 Å². The summed E-state index contributed by atoms with van der Waals surface area (Å²) in [4.78, 5) is 0. The van der Waals surface area contributed by atoms with Crippen LogP contribution in [0, 0.1) is 6.92 Å². The molecule has 18 heavy (non-hydrogen) atoms. The summed E-state index contributed by atoms with van der Waals surface area (Å²) in [5.41, 5.74) is 3.48. The van der Waals surface area contributed by atoms with Gasteiger partial charge in [-0.05, 0) is 43.9 Å². The fraction of sp³-hybridized carbons (Fsp3) is 0.467. The van der Waals surface area contributed by atoms with Crippen LogP contribution < -0.4 is 5.32 Å². The fourth-order valence-corrected chi connectivity index (χ4v) is 2.79. The highest BCUT2D eigenvalue weighted by molar-refractivity contribution is 6.35. The normalized spacial score (nSPS) is 15.5. The smallest absolute Gasteiger partial charge is 0.139 e. The standard InChI is InChI=1S/C15H18ClNO/c1-3-17-8-12-13(10-5-6-10)14-11(16)7-4-9(2)15(14)18-12/h4,7,10,17H,3,5-6,8H2,1-2H3. The lowest BCUT2D eigenvalue weighted by Gasteiger charge is -2.02.